The molecule has 0 unspecified atom stereocenters. The molecule has 1 aromatic carbocycles. The van der Waals surface area contributed by atoms with Gasteiger partial charge < -0.3 is 20.1 Å². The molecule has 2 N–H and O–H groups in total. The second-order valence-electron chi connectivity index (χ2n) is 4.44. The lowest BCUT2D eigenvalue weighted by molar-refractivity contribution is 0.178. The van der Waals surface area contributed by atoms with Gasteiger partial charge in [-0.05, 0) is 17.7 Å². The lowest BCUT2D eigenvalue weighted by Crippen LogP contribution is -2.07. The lowest BCUT2D eigenvalue weighted by Gasteiger charge is -2.10. The van der Waals surface area contributed by atoms with Crippen LogP contribution in [-0.2, 0) is 17.9 Å². The Bertz CT molecular complexity index is 572. The number of hydrogen-bond acceptors (Lipinski definition) is 6. The van der Waals surface area contributed by atoms with Crippen LogP contribution in [0.1, 0.15) is 11.4 Å². The summed E-state index contributed by atoms with van der Waals surface area (Å²) >= 11 is 0. The van der Waals surface area contributed by atoms with E-state index in [0.717, 1.165) is 22.9 Å². The monoisotopic (exact) mass is 288 g/mol. The van der Waals surface area contributed by atoms with Crippen molar-refractivity contribution in [2.45, 2.75) is 13.2 Å². The highest BCUT2D eigenvalue weighted by Gasteiger charge is 2.04. The summed E-state index contributed by atoms with van der Waals surface area (Å²) in [5, 5.41) is 6.30. The Kier molecular flexibility index (Phi) is 5.34. The van der Waals surface area contributed by atoms with Crippen LogP contribution < -0.4 is 15.4 Å². The van der Waals surface area contributed by atoms with Crippen LogP contribution in [0.25, 0.3) is 0 Å². The van der Waals surface area contributed by atoms with E-state index in [0.29, 0.717) is 19.0 Å². The van der Waals surface area contributed by atoms with Gasteiger partial charge >= 0.3 is 0 Å². The van der Waals surface area contributed by atoms with Crippen molar-refractivity contribution in [3.8, 4) is 5.75 Å². The summed E-state index contributed by atoms with van der Waals surface area (Å²) in [6, 6.07) is 9.77. The highest BCUT2D eigenvalue weighted by Crippen LogP contribution is 2.15. The maximum atomic E-state index is 5.14. The number of nitrogens with one attached hydrogen (secondary N) is 2. The minimum atomic E-state index is 0.382. The molecule has 2 aromatic rings. The van der Waals surface area contributed by atoms with Crippen LogP contribution >= 0.6 is 0 Å². The van der Waals surface area contributed by atoms with E-state index in [9.17, 15) is 0 Å². The predicted octanol–water partition coefficient (Wildman–Crippen LogP) is 2.29. The molecule has 0 spiro atoms. The average molecular weight is 288 g/mol. The summed E-state index contributed by atoms with van der Waals surface area (Å²) in [5.74, 6) is 3.01. The van der Waals surface area contributed by atoms with Crippen LogP contribution in [-0.4, -0.2) is 31.2 Å². The third-order valence-electron chi connectivity index (χ3n) is 2.93. The maximum Gasteiger partial charge on any atom is 0.158 e. The van der Waals surface area contributed by atoms with Gasteiger partial charge in [0.1, 0.15) is 24.0 Å². The Morgan fingerprint density at radius 1 is 1.05 bits per heavy atom. The molecule has 0 bridgehead atoms. The lowest BCUT2D eigenvalue weighted by atomic mass is 10.2. The number of aromatic nitrogens is 2. The average Bonchev–Trinajstić information content (AvgIpc) is 2.53. The van der Waals surface area contributed by atoms with E-state index in [1.165, 1.54) is 0 Å². The molecule has 0 aliphatic carbocycles. The summed E-state index contributed by atoms with van der Waals surface area (Å²) in [5.41, 5.74) is 1.15. The molecule has 21 heavy (non-hydrogen) atoms. The van der Waals surface area contributed by atoms with Crippen molar-refractivity contribution < 1.29 is 9.47 Å². The summed E-state index contributed by atoms with van der Waals surface area (Å²) in [6.07, 6.45) is 0. The van der Waals surface area contributed by atoms with Gasteiger partial charge in [-0.2, -0.15) is 0 Å². The molecule has 0 amide bonds. The predicted molar refractivity (Wildman–Crippen MR) is 82.6 cm³/mol. The normalized spacial score (nSPS) is 10.2. The van der Waals surface area contributed by atoms with E-state index in [2.05, 4.69) is 20.6 Å². The third-order valence-corrected chi connectivity index (χ3v) is 2.93. The van der Waals surface area contributed by atoms with Crippen molar-refractivity contribution >= 4 is 11.6 Å². The van der Waals surface area contributed by atoms with Crippen LogP contribution in [0.15, 0.2) is 30.3 Å². The standard InChI is InChI=1S/C15H20N4O2/c1-16-13-8-14(19-15(18-13)10-20-2)17-9-11-4-6-12(21-3)7-5-11/h4-8H,9-10H2,1-3H3,(H2,16,17,18,19). The SMILES string of the molecule is CNc1cc(NCc2ccc(OC)cc2)nc(COC)n1. The molecule has 0 saturated heterocycles. The van der Waals surface area contributed by atoms with Gasteiger partial charge in [0.2, 0.25) is 0 Å². The van der Waals surface area contributed by atoms with E-state index in [4.69, 9.17) is 9.47 Å². The molecule has 0 radical (unpaired) electrons. The van der Waals surface area contributed by atoms with Gasteiger partial charge in [-0.3, -0.25) is 0 Å². The van der Waals surface area contributed by atoms with Crippen molar-refractivity contribution in [2.24, 2.45) is 0 Å². The van der Waals surface area contributed by atoms with E-state index in [1.54, 1.807) is 14.2 Å². The highest BCUT2D eigenvalue weighted by atomic mass is 16.5. The maximum absolute atomic E-state index is 5.14. The summed E-state index contributed by atoms with van der Waals surface area (Å²) in [4.78, 5) is 8.72. The molecule has 112 valence electrons. The van der Waals surface area contributed by atoms with E-state index in [-0.39, 0.29) is 0 Å². The second-order valence-corrected chi connectivity index (χ2v) is 4.44. The number of methoxy groups -OCH3 is 2. The number of nitrogens with zero attached hydrogens (tertiary/aromatic N) is 2. The van der Waals surface area contributed by atoms with Crippen molar-refractivity contribution in [1.29, 1.82) is 0 Å². The first-order chi connectivity index (χ1) is 10.2. The van der Waals surface area contributed by atoms with Gasteiger partial charge in [-0.25, -0.2) is 9.97 Å². The molecule has 6 nitrogen and oxygen atoms in total. The zero-order valence-electron chi connectivity index (χ0n) is 12.5. The minimum Gasteiger partial charge on any atom is -0.497 e. The summed E-state index contributed by atoms with van der Waals surface area (Å²) < 4.78 is 10.2. The van der Waals surface area contributed by atoms with Gasteiger partial charge in [-0.15, -0.1) is 0 Å². The fourth-order valence-electron chi connectivity index (χ4n) is 1.85. The Hall–Kier alpha value is -2.34. The molecule has 0 saturated carbocycles. The van der Waals surface area contributed by atoms with Crippen molar-refractivity contribution in [3.05, 3.63) is 41.7 Å². The Morgan fingerprint density at radius 2 is 1.76 bits per heavy atom. The Labute approximate surface area is 124 Å². The molecule has 2 rings (SSSR count). The molecule has 1 aromatic heterocycles. The van der Waals surface area contributed by atoms with Crippen LogP contribution in [0.5, 0.6) is 5.75 Å². The molecule has 0 atom stereocenters. The number of rotatable bonds is 7. The fraction of sp³-hybridized carbons (Fsp3) is 0.333. The van der Waals surface area contributed by atoms with Crippen LogP contribution in [0.4, 0.5) is 11.6 Å². The minimum absolute atomic E-state index is 0.382. The molecule has 0 aliphatic rings. The van der Waals surface area contributed by atoms with Gasteiger partial charge in [0.05, 0.1) is 7.11 Å². The zero-order valence-corrected chi connectivity index (χ0v) is 12.5. The molecular weight excluding hydrogens is 268 g/mol. The zero-order chi connectivity index (χ0) is 15.1. The van der Waals surface area contributed by atoms with Gasteiger partial charge in [-0.1, -0.05) is 12.1 Å². The van der Waals surface area contributed by atoms with Crippen molar-refractivity contribution in [1.82, 2.24) is 9.97 Å². The summed E-state index contributed by atoms with van der Waals surface area (Å²) in [6.45, 7) is 1.06. The molecular formula is C15H20N4O2. The molecule has 0 aliphatic heterocycles. The van der Waals surface area contributed by atoms with Gasteiger partial charge in [0.25, 0.3) is 0 Å². The number of anilines is 2. The fourth-order valence-corrected chi connectivity index (χ4v) is 1.85. The quantitative estimate of drug-likeness (QED) is 0.814. The molecule has 0 fully saturated rings. The number of hydrogen-bond donors (Lipinski definition) is 2. The van der Waals surface area contributed by atoms with Crippen molar-refractivity contribution in [2.75, 3.05) is 31.9 Å². The third kappa shape index (κ3) is 4.32. The Morgan fingerprint density at radius 3 is 2.38 bits per heavy atom. The summed E-state index contributed by atoms with van der Waals surface area (Å²) in [7, 11) is 5.11. The first-order valence-electron chi connectivity index (χ1n) is 6.66. The highest BCUT2D eigenvalue weighted by molar-refractivity contribution is 5.47. The van der Waals surface area contributed by atoms with E-state index in [1.807, 2.05) is 37.4 Å². The van der Waals surface area contributed by atoms with Gasteiger partial charge in [0, 0.05) is 26.8 Å². The topological polar surface area (TPSA) is 68.3 Å². The number of benzene rings is 1. The van der Waals surface area contributed by atoms with Crippen LogP contribution in [0.3, 0.4) is 0 Å². The van der Waals surface area contributed by atoms with E-state index >= 15 is 0 Å². The van der Waals surface area contributed by atoms with Gasteiger partial charge in [0.15, 0.2) is 5.82 Å². The van der Waals surface area contributed by atoms with Crippen molar-refractivity contribution in [3.63, 3.8) is 0 Å². The van der Waals surface area contributed by atoms with E-state index < -0.39 is 0 Å². The molecule has 6 heteroatoms. The Balaban J connectivity index is 2.05. The largest absolute Gasteiger partial charge is 0.497 e. The van der Waals surface area contributed by atoms with Crippen LogP contribution in [0, 0.1) is 0 Å². The molecule has 1 heterocycles. The van der Waals surface area contributed by atoms with Crippen LogP contribution in [0.2, 0.25) is 0 Å². The second kappa shape index (κ2) is 7.44. The first-order valence-corrected chi connectivity index (χ1v) is 6.66. The first kappa shape index (κ1) is 15.1. The number of ether oxygens (including phenoxy) is 2. The smallest absolute Gasteiger partial charge is 0.158 e.